The van der Waals surface area contributed by atoms with Gasteiger partial charge in [0.05, 0.1) is 34.5 Å². The summed E-state index contributed by atoms with van der Waals surface area (Å²) < 4.78 is 9.29. The minimum absolute atomic E-state index is 0.210. The Morgan fingerprint density at radius 1 is 1.15 bits per heavy atom. The molecule has 5 aromatic rings. The first-order chi connectivity index (χ1) is 19.0. The third kappa shape index (κ3) is 4.24. The number of ether oxygens (including phenoxy) is 1. The van der Waals surface area contributed by atoms with E-state index in [-0.39, 0.29) is 5.56 Å². The lowest BCUT2D eigenvalue weighted by Gasteiger charge is -2.22. The third-order valence-corrected chi connectivity index (χ3v) is 8.73. The highest BCUT2D eigenvalue weighted by atomic mass is 32.1. The predicted molar refractivity (Wildman–Crippen MR) is 152 cm³/mol. The van der Waals surface area contributed by atoms with Gasteiger partial charge in [0.15, 0.2) is 4.80 Å². The van der Waals surface area contributed by atoms with Gasteiger partial charge in [-0.15, -0.1) is 11.3 Å². The van der Waals surface area contributed by atoms with E-state index in [1.807, 2.05) is 78.3 Å². The van der Waals surface area contributed by atoms with Crippen molar-refractivity contribution in [2.24, 2.45) is 4.99 Å². The van der Waals surface area contributed by atoms with Crippen LogP contribution in [0, 0.1) is 11.3 Å². The molecule has 3 aromatic heterocycles. The maximum absolute atomic E-state index is 13.9. The van der Waals surface area contributed by atoms with Gasteiger partial charge in [-0.2, -0.15) is 5.26 Å². The smallest absolute Gasteiger partial charge is 0.338 e. The first-order valence-corrected chi connectivity index (χ1v) is 13.9. The molecule has 1 unspecified atom stereocenters. The van der Waals surface area contributed by atoms with Gasteiger partial charge in [0.1, 0.15) is 6.04 Å². The van der Waals surface area contributed by atoms with E-state index in [4.69, 9.17) is 4.74 Å². The van der Waals surface area contributed by atoms with Crippen LogP contribution in [0.1, 0.15) is 34.5 Å². The molecule has 0 N–H and O–H groups in total. The Labute approximate surface area is 231 Å². The molecule has 0 aliphatic carbocycles. The number of allylic oxidation sites excluding steroid dienone is 1. The van der Waals surface area contributed by atoms with E-state index in [9.17, 15) is 14.9 Å². The summed E-state index contributed by atoms with van der Waals surface area (Å²) in [4.78, 5) is 32.7. The number of carbonyl (C=O) groups excluding carboxylic acids is 1. The Morgan fingerprint density at radius 3 is 2.72 bits per heavy atom. The van der Waals surface area contributed by atoms with Crippen LogP contribution in [0.3, 0.4) is 0 Å². The number of para-hydroxylation sites is 1. The van der Waals surface area contributed by atoms with E-state index in [0.29, 0.717) is 32.7 Å². The zero-order chi connectivity index (χ0) is 27.1. The summed E-state index contributed by atoms with van der Waals surface area (Å²) in [6.45, 7) is 2.30. The first kappa shape index (κ1) is 24.8. The number of hydrogen-bond donors (Lipinski definition) is 0. The number of benzene rings is 2. The minimum atomic E-state index is -0.598. The maximum Gasteiger partial charge on any atom is 0.338 e. The molecule has 0 radical (unpaired) electrons. The zero-order valence-corrected chi connectivity index (χ0v) is 22.8. The number of fused-ring (bicyclic) bond motifs is 2. The van der Waals surface area contributed by atoms with Crippen molar-refractivity contribution in [1.29, 1.82) is 5.26 Å². The molecule has 7 nitrogen and oxygen atoms in total. The lowest BCUT2D eigenvalue weighted by atomic mass is 10.0. The minimum Gasteiger partial charge on any atom is -0.466 e. The number of nitrogens with zero attached hydrogens (tertiary/aromatic N) is 4. The zero-order valence-electron chi connectivity index (χ0n) is 21.1. The van der Waals surface area contributed by atoms with Crippen LogP contribution >= 0.6 is 22.7 Å². The molecule has 1 aliphatic heterocycles. The van der Waals surface area contributed by atoms with Gasteiger partial charge < -0.3 is 9.30 Å². The Hall–Kier alpha value is -4.52. The largest absolute Gasteiger partial charge is 0.466 e. The van der Waals surface area contributed by atoms with E-state index >= 15 is 0 Å². The molecule has 0 saturated carbocycles. The fourth-order valence-corrected chi connectivity index (χ4v) is 6.88. The quantitative estimate of drug-likeness (QED) is 0.305. The molecule has 0 saturated heterocycles. The van der Waals surface area contributed by atoms with E-state index < -0.39 is 12.0 Å². The van der Waals surface area contributed by atoms with Gasteiger partial charge in [0.25, 0.3) is 5.56 Å². The van der Waals surface area contributed by atoms with Gasteiger partial charge in [-0.25, -0.2) is 9.79 Å². The number of nitriles is 1. The number of thiophene rings is 1. The number of esters is 1. The number of methoxy groups -OCH3 is 1. The summed E-state index contributed by atoms with van der Waals surface area (Å²) in [5.41, 5.74) is 4.15. The lowest BCUT2D eigenvalue weighted by molar-refractivity contribution is -0.136. The summed E-state index contributed by atoms with van der Waals surface area (Å²) >= 11 is 2.79. The van der Waals surface area contributed by atoms with Crippen LogP contribution in [0.4, 0.5) is 0 Å². The van der Waals surface area contributed by atoms with Gasteiger partial charge in [-0.1, -0.05) is 53.8 Å². The van der Waals surface area contributed by atoms with Crippen LogP contribution < -0.4 is 14.9 Å². The van der Waals surface area contributed by atoms with E-state index in [0.717, 1.165) is 26.9 Å². The molecule has 1 aliphatic rings. The standard InChI is InChI=1S/C30H22N4O3S2/c1-18-26(29(36)37-2)27(24-12-7-13-38-24)34-28(35)25(39-30(34)32-18)14-21-17-33(23-11-6-5-10-22(21)23)16-20-9-4-3-8-19(20)15-31/h3-14,17,27H,16H2,1-2H3. The summed E-state index contributed by atoms with van der Waals surface area (Å²) in [6, 6.07) is 21.1. The molecule has 192 valence electrons. The van der Waals surface area contributed by atoms with Gasteiger partial charge >= 0.3 is 5.97 Å². The Morgan fingerprint density at radius 2 is 1.95 bits per heavy atom. The molecule has 0 amide bonds. The molecule has 0 spiro atoms. The number of rotatable bonds is 5. The molecule has 4 heterocycles. The molecule has 9 heteroatoms. The van der Waals surface area contributed by atoms with Crippen molar-refractivity contribution in [1.82, 2.24) is 9.13 Å². The van der Waals surface area contributed by atoms with Crippen LogP contribution in [-0.2, 0) is 16.1 Å². The van der Waals surface area contributed by atoms with Gasteiger partial charge in [0, 0.05) is 34.1 Å². The average Bonchev–Trinajstić information content (AvgIpc) is 3.68. The van der Waals surface area contributed by atoms with Crippen molar-refractivity contribution < 1.29 is 9.53 Å². The van der Waals surface area contributed by atoms with Gasteiger partial charge in [0.2, 0.25) is 0 Å². The Kier molecular flexibility index (Phi) is 6.35. The van der Waals surface area contributed by atoms with Crippen LogP contribution in [0.25, 0.3) is 17.0 Å². The second-order valence-corrected chi connectivity index (χ2v) is 11.1. The van der Waals surface area contributed by atoms with Crippen LogP contribution in [-0.4, -0.2) is 22.2 Å². The van der Waals surface area contributed by atoms with Crippen molar-refractivity contribution >= 4 is 45.6 Å². The monoisotopic (exact) mass is 550 g/mol. The Balaban J connectivity index is 1.52. The van der Waals surface area contributed by atoms with E-state index in [1.54, 1.807) is 11.5 Å². The molecular weight excluding hydrogens is 528 g/mol. The summed E-state index contributed by atoms with van der Waals surface area (Å²) in [6.07, 6.45) is 3.90. The van der Waals surface area contributed by atoms with Crippen molar-refractivity contribution in [2.75, 3.05) is 7.11 Å². The van der Waals surface area contributed by atoms with Crippen LogP contribution in [0.15, 0.2) is 93.3 Å². The second-order valence-electron chi connectivity index (χ2n) is 9.09. The Bertz CT molecular complexity index is 2000. The van der Waals surface area contributed by atoms with Crippen molar-refractivity contribution in [3.05, 3.63) is 125 Å². The fourth-order valence-electron chi connectivity index (χ4n) is 5.02. The summed E-state index contributed by atoms with van der Waals surface area (Å²) in [7, 11) is 1.34. The highest BCUT2D eigenvalue weighted by Crippen LogP contribution is 2.33. The highest BCUT2D eigenvalue weighted by molar-refractivity contribution is 7.10. The van der Waals surface area contributed by atoms with Crippen molar-refractivity contribution in [3.63, 3.8) is 0 Å². The lowest BCUT2D eigenvalue weighted by Crippen LogP contribution is -2.39. The molecule has 0 fully saturated rings. The average molecular weight is 551 g/mol. The number of carbonyl (C=O) groups is 1. The summed E-state index contributed by atoms with van der Waals surface area (Å²) in [5, 5.41) is 12.5. The topological polar surface area (TPSA) is 89.4 Å². The second kappa shape index (κ2) is 9.98. The molecule has 39 heavy (non-hydrogen) atoms. The molecule has 1 atom stereocenters. The number of hydrogen-bond acceptors (Lipinski definition) is 7. The number of aromatic nitrogens is 2. The maximum atomic E-state index is 13.9. The van der Waals surface area contributed by atoms with E-state index in [1.165, 1.54) is 29.8 Å². The van der Waals surface area contributed by atoms with E-state index in [2.05, 4.69) is 15.6 Å². The van der Waals surface area contributed by atoms with Crippen molar-refractivity contribution in [2.45, 2.75) is 19.5 Å². The number of thiazole rings is 1. The van der Waals surface area contributed by atoms with Gasteiger partial charge in [-0.05, 0) is 42.1 Å². The SMILES string of the molecule is COC(=O)C1=C(C)N=c2sc(=Cc3cn(Cc4ccccc4C#N)c4ccccc34)c(=O)n2C1c1cccs1. The third-order valence-electron chi connectivity index (χ3n) is 6.82. The normalized spacial score (nSPS) is 15.2. The molecule has 6 rings (SSSR count). The highest BCUT2D eigenvalue weighted by Gasteiger charge is 2.33. The van der Waals surface area contributed by atoms with Crippen molar-refractivity contribution in [3.8, 4) is 6.07 Å². The molecule has 0 bridgehead atoms. The molecular formula is C30H22N4O3S2. The predicted octanol–water partition coefficient (Wildman–Crippen LogP) is 4.34. The molecule has 2 aromatic carbocycles. The summed E-state index contributed by atoms with van der Waals surface area (Å²) in [5.74, 6) is -0.496. The van der Waals surface area contributed by atoms with Gasteiger partial charge in [-0.3, -0.25) is 9.36 Å². The first-order valence-electron chi connectivity index (χ1n) is 12.2. The van der Waals surface area contributed by atoms with Crippen LogP contribution in [0.5, 0.6) is 0 Å². The van der Waals surface area contributed by atoms with Crippen LogP contribution in [0.2, 0.25) is 0 Å². The fraction of sp³-hybridized carbons (Fsp3) is 0.133.